The van der Waals surface area contributed by atoms with Gasteiger partial charge >= 0.3 is 5.97 Å². The number of thioether (sulfide) groups is 1. The van der Waals surface area contributed by atoms with Crippen molar-refractivity contribution in [2.75, 3.05) is 0 Å². The molecule has 1 heterocycles. The van der Waals surface area contributed by atoms with Gasteiger partial charge in [0.1, 0.15) is 11.1 Å². The maximum absolute atomic E-state index is 13.7. The maximum atomic E-state index is 13.7. The smallest absolute Gasteiger partial charge is 0.338 e. The van der Waals surface area contributed by atoms with Crippen LogP contribution in [0.1, 0.15) is 15.9 Å². The van der Waals surface area contributed by atoms with Gasteiger partial charge in [-0.05, 0) is 29.8 Å². The number of carbonyl (C=O) groups excluding carboxylic acids is 1. The zero-order valence-corrected chi connectivity index (χ0v) is 11.0. The molecule has 0 saturated heterocycles. The minimum Gasteiger partial charge on any atom is -0.478 e. The Bertz CT molecular complexity index is 681. The number of allylic oxidation sites excluding steroid dienone is 3. The van der Waals surface area contributed by atoms with Crippen molar-refractivity contribution < 1.29 is 19.1 Å². The molecule has 1 unspecified atom stereocenters. The molecule has 1 aromatic rings. The number of benzene rings is 1. The predicted molar refractivity (Wildman–Crippen MR) is 72.1 cm³/mol. The Hall–Kier alpha value is -2.08. The fourth-order valence-electron chi connectivity index (χ4n) is 2.18. The van der Waals surface area contributed by atoms with Gasteiger partial charge in [-0.2, -0.15) is 0 Å². The molecule has 0 radical (unpaired) electrons. The maximum Gasteiger partial charge on any atom is 0.338 e. The first-order valence-corrected chi connectivity index (χ1v) is 6.82. The van der Waals surface area contributed by atoms with Crippen LogP contribution < -0.4 is 5.32 Å². The molecular weight excluding hydrogens is 281 g/mol. The Morgan fingerprint density at radius 3 is 3.00 bits per heavy atom. The van der Waals surface area contributed by atoms with Gasteiger partial charge in [-0.25, -0.2) is 9.18 Å². The average Bonchev–Trinajstić information content (AvgIpc) is 2.58. The molecule has 0 bridgehead atoms. The Morgan fingerprint density at radius 1 is 1.45 bits per heavy atom. The summed E-state index contributed by atoms with van der Waals surface area (Å²) in [5, 5.41) is 11.6. The second-order valence-electron chi connectivity index (χ2n) is 4.48. The molecule has 0 fully saturated rings. The lowest BCUT2D eigenvalue weighted by Crippen LogP contribution is -2.27. The zero-order valence-electron chi connectivity index (χ0n) is 10.2. The third kappa shape index (κ3) is 2.12. The van der Waals surface area contributed by atoms with Crippen molar-refractivity contribution in [2.45, 2.75) is 16.7 Å². The number of fused-ring (bicyclic) bond motifs is 2. The van der Waals surface area contributed by atoms with E-state index < -0.39 is 17.0 Å². The van der Waals surface area contributed by atoms with Crippen LogP contribution in [0.3, 0.4) is 0 Å². The zero-order chi connectivity index (χ0) is 14.3. The summed E-state index contributed by atoms with van der Waals surface area (Å²) < 4.78 is 13.7. The van der Waals surface area contributed by atoms with Crippen LogP contribution in [0.25, 0.3) is 0 Å². The van der Waals surface area contributed by atoms with Crippen molar-refractivity contribution in [1.82, 2.24) is 5.32 Å². The molecule has 3 rings (SSSR count). The fourth-order valence-corrected chi connectivity index (χ4v) is 3.38. The van der Waals surface area contributed by atoms with Crippen LogP contribution in [-0.2, 0) is 11.3 Å². The molecule has 0 amide bonds. The second-order valence-corrected chi connectivity index (χ2v) is 5.63. The summed E-state index contributed by atoms with van der Waals surface area (Å²) in [6.45, 7) is 0.364. The van der Waals surface area contributed by atoms with Crippen molar-refractivity contribution in [2.24, 2.45) is 0 Å². The summed E-state index contributed by atoms with van der Waals surface area (Å²) in [5.41, 5.74) is 1.04. The van der Waals surface area contributed by atoms with E-state index in [4.69, 9.17) is 5.11 Å². The minimum atomic E-state index is -1.31. The quantitative estimate of drug-likeness (QED) is 0.829. The van der Waals surface area contributed by atoms with Crippen molar-refractivity contribution in [1.29, 1.82) is 0 Å². The van der Waals surface area contributed by atoms with E-state index in [1.807, 2.05) is 0 Å². The number of ketones is 1. The lowest BCUT2D eigenvalue weighted by Gasteiger charge is -2.17. The molecule has 2 N–H and O–H groups in total. The van der Waals surface area contributed by atoms with Gasteiger partial charge in [0.05, 0.1) is 5.56 Å². The summed E-state index contributed by atoms with van der Waals surface area (Å²) in [6.07, 6.45) is 4.95. The van der Waals surface area contributed by atoms with Gasteiger partial charge in [0, 0.05) is 17.1 Å². The first kappa shape index (κ1) is 12.9. The largest absolute Gasteiger partial charge is 0.478 e. The van der Waals surface area contributed by atoms with Gasteiger partial charge < -0.3 is 10.4 Å². The van der Waals surface area contributed by atoms with Crippen LogP contribution in [0.5, 0.6) is 0 Å². The van der Waals surface area contributed by atoms with Crippen LogP contribution in [0.2, 0.25) is 0 Å². The fraction of sp³-hybridized carbons (Fsp3) is 0.143. The van der Waals surface area contributed by atoms with Gasteiger partial charge in [-0.3, -0.25) is 4.79 Å². The number of hydrogen-bond acceptors (Lipinski definition) is 4. The van der Waals surface area contributed by atoms with Crippen LogP contribution in [0, 0.1) is 5.82 Å². The number of hydrogen-bond donors (Lipinski definition) is 2. The minimum absolute atomic E-state index is 0.0611. The summed E-state index contributed by atoms with van der Waals surface area (Å²) in [4.78, 5) is 23.5. The molecule has 102 valence electrons. The van der Waals surface area contributed by atoms with Crippen molar-refractivity contribution in [3.05, 3.63) is 53.0 Å². The Labute approximate surface area is 118 Å². The summed E-state index contributed by atoms with van der Waals surface area (Å²) in [7, 11) is 0. The van der Waals surface area contributed by atoms with Crippen LogP contribution in [0.15, 0.2) is 41.0 Å². The van der Waals surface area contributed by atoms with E-state index in [9.17, 15) is 14.0 Å². The first-order chi connectivity index (χ1) is 9.56. The highest BCUT2D eigenvalue weighted by Crippen LogP contribution is 2.36. The molecule has 0 saturated carbocycles. The highest BCUT2D eigenvalue weighted by Gasteiger charge is 2.29. The Morgan fingerprint density at radius 2 is 2.25 bits per heavy atom. The van der Waals surface area contributed by atoms with E-state index in [1.54, 1.807) is 12.2 Å². The summed E-state index contributed by atoms with van der Waals surface area (Å²) in [5.74, 6) is -2.13. The molecule has 2 aliphatic rings. The number of aromatic carboxylic acids is 1. The molecule has 0 aromatic heterocycles. The molecule has 20 heavy (non-hydrogen) atoms. The number of carbonyl (C=O) groups is 2. The molecule has 1 aliphatic carbocycles. The predicted octanol–water partition coefficient (Wildman–Crippen LogP) is 2.11. The SMILES string of the molecule is O=C(O)c1cc2c(cc1F)CNC1=CC=CC(=O)C1S2. The number of rotatable bonds is 1. The number of carboxylic acid groups (broad SMARTS) is 1. The van der Waals surface area contributed by atoms with Gasteiger partial charge in [0.15, 0.2) is 5.78 Å². The number of halogens is 1. The third-order valence-electron chi connectivity index (χ3n) is 3.19. The summed E-state index contributed by atoms with van der Waals surface area (Å²) in [6, 6.07) is 2.52. The lowest BCUT2D eigenvalue weighted by molar-refractivity contribution is -0.113. The highest BCUT2D eigenvalue weighted by molar-refractivity contribution is 8.01. The molecule has 1 aromatic carbocycles. The highest BCUT2D eigenvalue weighted by atomic mass is 32.2. The van der Waals surface area contributed by atoms with Crippen molar-refractivity contribution in [3.63, 3.8) is 0 Å². The standard InChI is InChI=1S/C14H10FNO3S/c15-9-4-7-6-16-10-2-1-3-11(17)13(10)20-12(7)5-8(9)14(18)19/h1-5,13,16H,6H2,(H,18,19). The van der Waals surface area contributed by atoms with Crippen LogP contribution in [-0.4, -0.2) is 22.1 Å². The third-order valence-corrected chi connectivity index (χ3v) is 4.54. The summed E-state index contributed by atoms with van der Waals surface area (Å²) >= 11 is 1.25. The first-order valence-electron chi connectivity index (χ1n) is 5.94. The van der Waals surface area contributed by atoms with E-state index >= 15 is 0 Å². The molecule has 1 atom stereocenters. The van der Waals surface area contributed by atoms with E-state index in [1.165, 1.54) is 30.0 Å². The average molecular weight is 291 g/mol. The monoisotopic (exact) mass is 291 g/mol. The van der Waals surface area contributed by atoms with E-state index in [0.29, 0.717) is 17.0 Å². The lowest BCUT2D eigenvalue weighted by atomic mass is 10.1. The molecule has 4 nitrogen and oxygen atoms in total. The Balaban J connectivity index is 2.06. The number of nitrogens with one attached hydrogen (secondary N) is 1. The van der Waals surface area contributed by atoms with Gasteiger partial charge in [0.25, 0.3) is 0 Å². The van der Waals surface area contributed by atoms with Gasteiger partial charge in [-0.15, -0.1) is 11.8 Å². The van der Waals surface area contributed by atoms with Crippen LogP contribution in [0.4, 0.5) is 4.39 Å². The number of carboxylic acids is 1. The molecule has 6 heteroatoms. The molecule has 1 aliphatic heterocycles. The molecule has 0 spiro atoms. The van der Waals surface area contributed by atoms with E-state index in [-0.39, 0.29) is 11.3 Å². The molecular formula is C14H10FNO3S. The van der Waals surface area contributed by atoms with Crippen molar-refractivity contribution in [3.8, 4) is 0 Å². The Kier molecular flexibility index (Phi) is 3.10. The van der Waals surface area contributed by atoms with E-state index in [2.05, 4.69) is 5.32 Å². The van der Waals surface area contributed by atoms with Gasteiger partial charge in [0.2, 0.25) is 0 Å². The van der Waals surface area contributed by atoms with Crippen molar-refractivity contribution >= 4 is 23.5 Å². The normalized spacial score (nSPS) is 20.4. The second kappa shape index (κ2) is 4.79. The van der Waals surface area contributed by atoms with Crippen LogP contribution >= 0.6 is 11.8 Å². The topological polar surface area (TPSA) is 66.4 Å². The van der Waals surface area contributed by atoms with Gasteiger partial charge in [-0.1, -0.05) is 6.08 Å². The van der Waals surface area contributed by atoms with E-state index in [0.717, 1.165) is 5.70 Å².